The van der Waals surface area contributed by atoms with Gasteiger partial charge in [-0.1, -0.05) is 107 Å². The normalized spacial score (nSPS) is 37.3. The number of hydrogen-bond acceptors (Lipinski definition) is 6. The summed E-state index contributed by atoms with van der Waals surface area (Å²) in [6.07, 6.45) is 12.4. The minimum Gasteiger partial charge on any atom is -0.380 e. The number of hydrogen-bond donors (Lipinski definition) is 1. The third-order valence-electron chi connectivity index (χ3n) is 18.8. The van der Waals surface area contributed by atoms with Gasteiger partial charge in [0.2, 0.25) is 10.0 Å². The number of fused-ring (bicyclic) bond motifs is 7. The van der Waals surface area contributed by atoms with Crippen LogP contribution in [0, 0.1) is 56.7 Å². The Bertz CT molecular complexity index is 2070. The summed E-state index contributed by atoms with van der Waals surface area (Å²) in [4.78, 5) is 17.7. The average molecular weight is 838 g/mol. The molecule has 1 unspecified atom stereocenters. The lowest BCUT2D eigenvalue weighted by Crippen LogP contribution is -2.66. The standard InChI is InChI=1S/C52H75N3O4S/c1-36(2)40-21-26-52(35-54(9)33-34-60(58,59)55-31-29-53(8)30-32-55)28-27-50(6)42(45(40)52)19-20-44-49(5)24-22-41(48(3,4)43(49)23-25-51(44,50)7)37-15-17-39(18-16-37)47(57)46(56)38-13-11-10-12-14-38/h10-18,22,40,42-45,47,57H,1,19-21,23-35H2,2-9H3/t40-,42+,43-,44+,45+,47?,49-,50+,51+,52+/m0/s1. The first kappa shape index (κ1) is 44.0. The molecule has 2 aromatic carbocycles. The summed E-state index contributed by atoms with van der Waals surface area (Å²) in [5, 5.41) is 11.0. The molecule has 328 valence electrons. The number of benzene rings is 2. The van der Waals surface area contributed by atoms with Gasteiger partial charge in [0.05, 0.1) is 5.75 Å². The van der Waals surface area contributed by atoms with Gasteiger partial charge in [-0.2, -0.15) is 4.31 Å². The zero-order valence-corrected chi connectivity index (χ0v) is 39.0. The van der Waals surface area contributed by atoms with Crippen molar-refractivity contribution in [2.75, 3.05) is 59.1 Å². The second kappa shape index (κ2) is 15.9. The Balaban J connectivity index is 1.01. The number of sulfonamides is 1. The molecule has 5 fully saturated rings. The largest absolute Gasteiger partial charge is 0.380 e. The fourth-order valence-corrected chi connectivity index (χ4v) is 17.0. The van der Waals surface area contributed by atoms with Gasteiger partial charge < -0.3 is 14.9 Å². The molecule has 8 heteroatoms. The van der Waals surface area contributed by atoms with Gasteiger partial charge in [-0.05, 0) is 152 Å². The molecule has 0 spiro atoms. The SMILES string of the molecule is C=C(C)[C@@H]1CC[C@]2(CN(C)CCS(=O)(=O)N3CCN(C)CC3)CC[C@]3(C)[C@H](CC[C@@H]4[C@@]5(C)CC=C(c6ccc(C(O)C(=O)c7ccccc7)cc6)C(C)(C)[C@@H]5CC[C@]43C)[C@@H]12. The van der Waals surface area contributed by atoms with E-state index in [1.54, 1.807) is 16.4 Å². The summed E-state index contributed by atoms with van der Waals surface area (Å²) in [5.41, 5.74) is 5.97. The smallest absolute Gasteiger partial charge is 0.215 e. The Labute approximate surface area is 363 Å². The zero-order valence-electron chi connectivity index (χ0n) is 38.2. The summed E-state index contributed by atoms with van der Waals surface area (Å²) in [6.45, 7) is 24.3. The van der Waals surface area contributed by atoms with E-state index in [4.69, 9.17) is 0 Å². The monoisotopic (exact) mass is 838 g/mol. The molecule has 1 N–H and O–H groups in total. The highest BCUT2D eigenvalue weighted by molar-refractivity contribution is 7.89. The number of allylic oxidation sites excluding steroid dienone is 3. The Kier molecular flexibility index (Phi) is 11.6. The second-order valence-corrected chi connectivity index (χ2v) is 24.2. The molecular formula is C52H75N3O4S. The fraction of sp³-hybridized carbons (Fsp3) is 0.673. The molecule has 0 aromatic heterocycles. The van der Waals surface area contributed by atoms with Crippen molar-refractivity contribution in [1.29, 1.82) is 0 Å². The summed E-state index contributed by atoms with van der Waals surface area (Å²) in [6, 6.07) is 17.2. The molecule has 8 rings (SSSR count). The number of aliphatic hydroxyl groups excluding tert-OH is 1. The maximum Gasteiger partial charge on any atom is 0.215 e. The van der Waals surface area contributed by atoms with Gasteiger partial charge in [0.1, 0.15) is 6.10 Å². The minimum atomic E-state index is -3.28. The van der Waals surface area contributed by atoms with Crippen LogP contribution < -0.4 is 0 Å². The first-order valence-electron chi connectivity index (χ1n) is 23.4. The molecule has 2 aromatic rings. The summed E-state index contributed by atoms with van der Waals surface area (Å²) in [7, 11) is 0.980. The molecule has 1 heterocycles. The fourth-order valence-electron chi connectivity index (χ4n) is 15.5. The molecule has 0 bridgehead atoms. The highest BCUT2D eigenvalue weighted by atomic mass is 32.2. The molecular weight excluding hydrogens is 763 g/mol. The minimum absolute atomic E-state index is 0.0211. The number of ketones is 1. The topological polar surface area (TPSA) is 81.2 Å². The van der Waals surface area contributed by atoms with Crippen molar-refractivity contribution in [3.8, 4) is 0 Å². The van der Waals surface area contributed by atoms with E-state index in [1.807, 2.05) is 30.3 Å². The van der Waals surface area contributed by atoms with Crippen LogP contribution in [-0.4, -0.2) is 92.5 Å². The molecule has 6 aliphatic rings. The maximum atomic E-state index is 13.5. The van der Waals surface area contributed by atoms with Crippen molar-refractivity contribution in [2.45, 2.75) is 105 Å². The van der Waals surface area contributed by atoms with E-state index >= 15 is 0 Å². The number of carbonyl (C=O) groups is 1. The second-order valence-electron chi connectivity index (χ2n) is 22.1. The molecule has 10 atom stereocenters. The number of Topliss-reactive ketones (excluding diaryl/α,β-unsaturated/α-hetero) is 1. The van der Waals surface area contributed by atoms with Gasteiger partial charge in [-0.25, -0.2) is 8.42 Å². The number of rotatable bonds is 11. The number of nitrogens with zero attached hydrogens (tertiary/aromatic N) is 3. The van der Waals surface area contributed by atoms with Crippen LogP contribution in [0.15, 0.2) is 72.8 Å². The van der Waals surface area contributed by atoms with Crippen LogP contribution in [0.3, 0.4) is 0 Å². The van der Waals surface area contributed by atoms with Gasteiger partial charge >= 0.3 is 0 Å². The van der Waals surface area contributed by atoms with E-state index in [-0.39, 0.29) is 38.6 Å². The number of carbonyl (C=O) groups excluding carboxylic acids is 1. The number of likely N-dealkylation sites (N-methyl/N-ethyl adjacent to an activating group) is 1. The Hall–Kier alpha value is -2.62. The lowest BCUT2D eigenvalue weighted by molar-refractivity contribution is -0.226. The number of piperazine rings is 1. The van der Waals surface area contributed by atoms with E-state index in [0.29, 0.717) is 60.4 Å². The van der Waals surface area contributed by atoms with Gasteiger partial charge in [-0.15, -0.1) is 0 Å². The lowest BCUT2D eigenvalue weighted by Gasteiger charge is -2.72. The molecule has 0 radical (unpaired) electrons. The Morgan fingerprint density at radius 1 is 0.867 bits per heavy atom. The van der Waals surface area contributed by atoms with Gasteiger partial charge in [-0.3, -0.25) is 4.79 Å². The van der Waals surface area contributed by atoms with Crippen LogP contribution in [0.2, 0.25) is 0 Å². The number of aliphatic hydroxyl groups is 1. The Morgan fingerprint density at radius 2 is 1.55 bits per heavy atom. The van der Waals surface area contributed by atoms with E-state index in [0.717, 1.165) is 26.1 Å². The molecule has 60 heavy (non-hydrogen) atoms. The molecule has 7 nitrogen and oxygen atoms in total. The van der Waals surface area contributed by atoms with Crippen molar-refractivity contribution in [3.05, 3.63) is 89.5 Å². The van der Waals surface area contributed by atoms with Crippen molar-refractivity contribution < 1.29 is 18.3 Å². The third kappa shape index (κ3) is 7.15. The van der Waals surface area contributed by atoms with Crippen molar-refractivity contribution in [3.63, 3.8) is 0 Å². The Morgan fingerprint density at radius 3 is 2.22 bits per heavy atom. The van der Waals surface area contributed by atoms with Gasteiger partial charge in [0.25, 0.3) is 0 Å². The summed E-state index contributed by atoms with van der Waals surface area (Å²) >= 11 is 0. The van der Waals surface area contributed by atoms with E-state index in [1.165, 1.54) is 68.1 Å². The molecule has 4 saturated carbocycles. The van der Waals surface area contributed by atoms with Crippen LogP contribution in [0.5, 0.6) is 0 Å². The van der Waals surface area contributed by atoms with E-state index in [2.05, 4.69) is 90.2 Å². The predicted molar refractivity (Wildman–Crippen MR) is 245 cm³/mol. The first-order chi connectivity index (χ1) is 28.3. The maximum absolute atomic E-state index is 13.5. The predicted octanol–water partition coefficient (Wildman–Crippen LogP) is 9.76. The lowest BCUT2D eigenvalue weighted by atomic mass is 9.32. The first-order valence-corrected chi connectivity index (χ1v) is 25.0. The van der Waals surface area contributed by atoms with Crippen molar-refractivity contribution in [1.82, 2.24) is 14.1 Å². The molecule has 1 aliphatic heterocycles. The van der Waals surface area contributed by atoms with Crippen LogP contribution in [0.1, 0.15) is 127 Å². The van der Waals surface area contributed by atoms with Crippen LogP contribution >= 0.6 is 0 Å². The van der Waals surface area contributed by atoms with Crippen LogP contribution in [0.4, 0.5) is 0 Å². The highest BCUT2D eigenvalue weighted by Crippen LogP contribution is 2.77. The molecule has 1 saturated heterocycles. The summed E-state index contributed by atoms with van der Waals surface area (Å²) < 4.78 is 28.6. The van der Waals surface area contributed by atoms with Gasteiger partial charge in [0, 0.05) is 44.8 Å². The van der Waals surface area contributed by atoms with Crippen molar-refractivity contribution >= 4 is 21.4 Å². The van der Waals surface area contributed by atoms with Crippen molar-refractivity contribution in [2.24, 2.45) is 56.7 Å². The van der Waals surface area contributed by atoms with Crippen LogP contribution in [0.25, 0.3) is 5.57 Å². The quantitative estimate of drug-likeness (QED) is 0.179. The van der Waals surface area contributed by atoms with E-state index in [9.17, 15) is 18.3 Å². The van der Waals surface area contributed by atoms with Crippen LogP contribution in [-0.2, 0) is 10.0 Å². The van der Waals surface area contributed by atoms with Gasteiger partial charge in [0.15, 0.2) is 5.78 Å². The molecule has 0 amide bonds. The average Bonchev–Trinajstić information content (AvgIpc) is 3.60. The zero-order chi connectivity index (χ0) is 43.0. The highest BCUT2D eigenvalue weighted by Gasteiger charge is 2.70. The summed E-state index contributed by atoms with van der Waals surface area (Å²) in [5.74, 6) is 2.90. The molecule has 5 aliphatic carbocycles. The third-order valence-corrected chi connectivity index (χ3v) is 20.7. The van der Waals surface area contributed by atoms with E-state index < -0.39 is 16.1 Å².